The number of rotatable bonds is 6. The first kappa shape index (κ1) is 23.1. The van der Waals surface area contributed by atoms with Crippen LogP contribution in [0.5, 0.6) is 0 Å². The van der Waals surface area contributed by atoms with E-state index in [0.717, 1.165) is 42.9 Å². The standard InChI is InChI=1S/C22H24F3N5O3S/c23-22(24,25)13-1-2-17-16(7-13)20(29-33-17)27-9-19(31)28-14-10-30(11-14)15-3-5-21(32,6-4-15)18-8-26-12-34-18/h1-2,7-8,12,14-15,32H,3-6,9-11H2,(H,27,29)(H,28,31)/t15-,21-. The number of benzene rings is 1. The van der Waals surface area contributed by atoms with Crippen molar-refractivity contribution >= 4 is 34.0 Å². The first-order valence-electron chi connectivity index (χ1n) is 11.1. The van der Waals surface area contributed by atoms with Gasteiger partial charge in [-0.15, -0.1) is 11.3 Å². The largest absolute Gasteiger partial charge is 0.416 e. The van der Waals surface area contributed by atoms with Crippen LogP contribution in [0.25, 0.3) is 11.0 Å². The molecule has 0 unspecified atom stereocenters. The monoisotopic (exact) mass is 495 g/mol. The summed E-state index contributed by atoms with van der Waals surface area (Å²) in [5.41, 5.74) is 0.356. The third-order valence-electron chi connectivity index (χ3n) is 6.68. The molecule has 8 nitrogen and oxygen atoms in total. The van der Waals surface area contributed by atoms with Crippen molar-refractivity contribution in [3.8, 4) is 0 Å². The number of halogens is 3. The molecule has 5 rings (SSSR count). The molecule has 1 aliphatic heterocycles. The topological polar surface area (TPSA) is 104 Å². The predicted octanol–water partition coefficient (Wildman–Crippen LogP) is 3.35. The maximum Gasteiger partial charge on any atom is 0.416 e. The number of hydrogen-bond donors (Lipinski definition) is 3. The molecule has 34 heavy (non-hydrogen) atoms. The molecule has 1 saturated heterocycles. The molecule has 2 aromatic heterocycles. The Balaban J connectivity index is 1.08. The van der Waals surface area contributed by atoms with Crippen molar-refractivity contribution in [2.75, 3.05) is 25.0 Å². The lowest BCUT2D eigenvalue weighted by molar-refractivity contribution is -0.137. The molecule has 0 bridgehead atoms. The minimum atomic E-state index is -4.48. The molecule has 1 saturated carbocycles. The zero-order valence-electron chi connectivity index (χ0n) is 18.1. The van der Waals surface area contributed by atoms with Gasteiger partial charge in [0.2, 0.25) is 5.91 Å². The van der Waals surface area contributed by atoms with Gasteiger partial charge in [-0.3, -0.25) is 14.7 Å². The number of aromatic nitrogens is 2. The molecule has 0 spiro atoms. The number of fused-ring (bicyclic) bond motifs is 1. The van der Waals surface area contributed by atoms with Crippen molar-refractivity contribution in [3.05, 3.63) is 40.3 Å². The van der Waals surface area contributed by atoms with Gasteiger partial charge in [-0.2, -0.15) is 13.2 Å². The van der Waals surface area contributed by atoms with Gasteiger partial charge in [-0.05, 0) is 43.9 Å². The second-order valence-electron chi connectivity index (χ2n) is 8.94. The number of nitrogens with one attached hydrogen (secondary N) is 2. The number of likely N-dealkylation sites (tertiary alicyclic amines) is 1. The summed E-state index contributed by atoms with van der Waals surface area (Å²) in [4.78, 5) is 19.6. The van der Waals surface area contributed by atoms with Gasteiger partial charge < -0.3 is 20.3 Å². The number of alkyl halides is 3. The average molecular weight is 496 g/mol. The molecule has 2 fully saturated rings. The molecule has 1 amide bonds. The number of nitrogens with zero attached hydrogens (tertiary/aromatic N) is 3. The Kier molecular flexibility index (Phi) is 5.98. The second-order valence-corrected chi connectivity index (χ2v) is 9.83. The first-order valence-corrected chi connectivity index (χ1v) is 11.9. The molecule has 182 valence electrons. The summed E-state index contributed by atoms with van der Waals surface area (Å²) >= 11 is 1.48. The fourth-order valence-electron chi connectivity index (χ4n) is 4.72. The maximum absolute atomic E-state index is 13.0. The summed E-state index contributed by atoms with van der Waals surface area (Å²) in [6, 6.07) is 3.49. The van der Waals surface area contributed by atoms with Crippen LogP contribution in [0.3, 0.4) is 0 Å². The number of carbonyl (C=O) groups is 1. The van der Waals surface area contributed by atoms with Crippen LogP contribution in [0.4, 0.5) is 19.0 Å². The van der Waals surface area contributed by atoms with Crippen molar-refractivity contribution in [2.45, 2.75) is 49.5 Å². The van der Waals surface area contributed by atoms with Crippen molar-refractivity contribution in [1.29, 1.82) is 0 Å². The molecule has 0 atom stereocenters. The molecule has 12 heteroatoms. The summed E-state index contributed by atoms with van der Waals surface area (Å²) in [6.45, 7) is 1.34. The molecular formula is C22H24F3N5O3S. The molecular weight excluding hydrogens is 471 g/mol. The SMILES string of the molecule is O=C(CNc1noc2ccc(C(F)(F)F)cc12)NC1CN([C@H]2CC[C@@](O)(c3cncs3)CC2)C1. The smallest absolute Gasteiger partial charge is 0.384 e. The number of anilines is 1. The van der Waals surface area contributed by atoms with E-state index in [1.165, 1.54) is 17.4 Å². The highest BCUT2D eigenvalue weighted by Gasteiger charge is 2.41. The summed E-state index contributed by atoms with van der Waals surface area (Å²) < 4.78 is 44.0. The summed E-state index contributed by atoms with van der Waals surface area (Å²) in [5.74, 6) is -0.168. The molecule has 3 aromatic rings. The zero-order chi connectivity index (χ0) is 23.9. The normalized spacial score (nSPS) is 24.2. The van der Waals surface area contributed by atoms with E-state index in [1.54, 1.807) is 11.7 Å². The molecule has 1 aliphatic carbocycles. The average Bonchev–Trinajstić information content (AvgIpc) is 3.45. The summed E-state index contributed by atoms with van der Waals surface area (Å²) in [7, 11) is 0. The van der Waals surface area contributed by atoms with E-state index in [-0.39, 0.29) is 35.3 Å². The van der Waals surface area contributed by atoms with Crippen LogP contribution in [0.1, 0.15) is 36.1 Å². The molecule has 2 aliphatic rings. The van der Waals surface area contributed by atoms with Gasteiger partial charge in [0.15, 0.2) is 11.4 Å². The number of hydrogen-bond acceptors (Lipinski definition) is 8. The van der Waals surface area contributed by atoms with Crippen LogP contribution < -0.4 is 10.6 Å². The highest BCUT2D eigenvalue weighted by Crippen LogP contribution is 2.40. The minimum Gasteiger partial charge on any atom is -0.384 e. The lowest BCUT2D eigenvalue weighted by atomic mass is 9.80. The van der Waals surface area contributed by atoms with Crippen molar-refractivity contribution in [3.63, 3.8) is 0 Å². The van der Waals surface area contributed by atoms with Gasteiger partial charge in [0, 0.05) is 25.3 Å². The van der Waals surface area contributed by atoms with Gasteiger partial charge in [0.1, 0.15) is 5.60 Å². The third kappa shape index (κ3) is 4.62. The molecule has 1 aromatic carbocycles. The van der Waals surface area contributed by atoms with Crippen LogP contribution in [0.2, 0.25) is 0 Å². The fourth-order valence-corrected chi connectivity index (χ4v) is 5.51. The Morgan fingerprint density at radius 1 is 1.29 bits per heavy atom. The Labute approximate surface area is 197 Å². The molecule has 3 N–H and O–H groups in total. The Morgan fingerprint density at radius 2 is 2.06 bits per heavy atom. The number of amides is 1. The highest BCUT2D eigenvalue weighted by molar-refractivity contribution is 7.09. The summed E-state index contributed by atoms with van der Waals surface area (Å²) in [5, 5.41) is 20.5. The van der Waals surface area contributed by atoms with Crippen LogP contribution in [0.15, 0.2) is 34.4 Å². The lowest BCUT2D eigenvalue weighted by Crippen LogP contribution is -2.63. The first-order chi connectivity index (χ1) is 16.2. The van der Waals surface area contributed by atoms with E-state index in [2.05, 4.69) is 25.7 Å². The van der Waals surface area contributed by atoms with E-state index in [1.807, 2.05) is 0 Å². The van der Waals surface area contributed by atoms with Crippen molar-refractivity contribution in [1.82, 2.24) is 20.4 Å². The predicted molar refractivity (Wildman–Crippen MR) is 119 cm³/mol. The number of thiazole rings is 1. The van der Waals surface area contributed by atoms with Crippen LogP contribution >= 0.6 is 11.3 Å². The molecule has 3 heterocycles. The fraction of sp³-hybridized carbons (Fsp3) is 0.500. The van der Waals surface area contributed by atoms with E-state index in [9.17, 15) is 23.1 Å². The van der Waals surface area contributed by atoms with Crippen LogP contribution in [-0.2, 0) is 16.6 Å². The second kappa shape index (κ2) is 8.82. The third-order valence-corrected chi connectivity index (χ3v) is 7.64. The Hall–Kier alpha value is -2.70. The lowest BCUT2D eigenvalue weighted by Gasteiger charge is -2.48. The molecule has 0 radical (unpaired) electrons. The Bertz CT molecular complexity index is 1150. The van der Waals surface area contributed by atoms with Gasteiger partial charge in [0.25, 0.3) is 0 Å². The van der Waals surface area contributed by atoms with Crippen LogP contribution in [-0.4, -0.2) is 57.8 Å². The van der Waals surface area contributed by atoms with Gasteiger partial charge in [0.05, 0.1) is 33.9 Å². The van der Waals surface area contributed by atoms with E-state index in [4.69, 9.17) is 4.52 Å². The van der Waals surface area contributed by atoms with Gasteiger partial charge in [-0.25, -0.2) is 0 Å². The highest BCUT2D eigenvalue weighted by atomic mass is 32.1. The Morgan fingerprint density at radius 3 is 2.74 bits per heavy atom. The van der Waals surface area contributed by atoms with Gasteiger partial charge in [-0.1, -0.05) is 5.16 Å². The van der Waals surface area contributed by atoms with Gasteiger partial charge >= 0.3 is 6.18 Å². The number of aliphatic hydroxyl groups is 1. The van der Waals surface area contributed by atoms with Crippen LogP contribution in [0, 0.1) is 0 Å². The zero-order valence-corrected chi connectivity index (χ0v) is 19.0. The maximum atomic E-state index is 13.0. The van der Waals surface area contributed by atoms with Crippen molar-refractivity contribution < 1.29 is 27.6 Å². The quantitative estimate of drug-likeness (QED) is 0.482. The summed E-state index contributed by atoms with van der Waals surface area (Å²) in [6.07, 6.45) is 0.420. The number of carbonyl (C=O) groups excluding carboxylic acids is 1. The van der Waals surface area contributed by atoms with E-state index in [0.29, 0.717) is 18.9 Å². The van der Waals surface area contributed by atoms with E-state index >= 15 is 0 Å². The van der Waals surface area contributed by atoms with E-state index < -0.39 is 17.3 Å². The van der Waals surface area contributed by atoms with Crippen molar-refractivity contribution in [2.24, 2.45) is 0 Å². The minimum absolute atomic E-state index is 0.0162.